The van der Waals surface area contributed by atoms with E-state index in [1.807, 2.05) is 115 Å². The van der Waals surface area contributed by atoms with Crippen molar-refractivity contribution < 1.29 is 75.5 Å². The van der Waals surface area contributed by atoms with Crippen LogP contribution in [0.2, 0.25) is 0 Å². The quantitative estimate of drug-likeness (QED) is 0.0173. The molecule has 0 saturated carbocycles. The smallest absolute Gasteiger partial charge is 0.294 e. The van der Waals surface area contributed by atoms with Gasteiger partial charge >= 0.3 is 0 Å². The number of nitrogens with zero attached hydrogens (tertiary/aromatic N) is 6. The van der Waals surface area contributed by atoms with Gasteiger partial charge in [0.2, 0.25) is 17.5 Å². The number of hydrogen-bond acceptors (Lipinski definition) is 15. The lowest BCUT2D eigenvalue weighted by atomic mass is 9.81. The summed E-state index contributed by atoms with van der Waals surface area (Å²) in [5.41, 5.74) is 8.43. The monoisotopic (exact) mass is 1380 g/mol. The van der Waals surface area contributed by atoms with Crippen LogP contribution in [-0.2, 0) is 67.3 Å². The van der Waals surface area contributed by atoms with Crippen molar-refractivity contribution in [3.8, 4) is 22.8 Å². The van der Waals surface area contributed by atoms with E-state index in [1.54, 1.807) is 21.5 Å². The van der Waals surface area contributed by atoms with E-state index in [0.29, 0.717) is 110 Å². The Kier molecular flexibility index (Phi) is 21.7. The summed E-state index contributed by atoms with van der Waals surface area (Å²) in [5.74, 6) is 0.658. The number of ether oxygens (including phenoxy) is 2. The minimum atomic E-state index is -4.59. The molecule has 5 N–H and O–H groups in total. The third kappa shape index (κ3) is 16.7. The highest BCUT2D eigenvalue weighted by Crippen LogP contribution is 2.49. The van der Waals surface area contributed by atoms with Gasteiger partial charge in [-0.2, -0.15) is 43.3 Å². The summed E-state index contributed by atoms with van der Waals surface area (Å²) in [6.07, 6.45) is 12.0. The Morgan fingerprint density at radius 2 is 1.36 bits per heavy atom. The molecule has 2 aromatic heterocycles. The van der Waals surface area contributed by atoms with Gasteiger partial charge in [-0.05, 0) is 200 Å². The number of anilines is 1. The van der Waals surface area contributed by atoms with Gasteiger partial charge < -0.3 is 24.6 Å². The average Bonchev–Trinajstić information content (AvgIpc) is 1.60. The van der Waals surface area contributed by atoms with Crippen molar-refractivity contribution in [3.05, 3.63) is 166 Å². The number of amides is 2. The molecule has 4 heterocycles. The number of nitrogens with one attached hydrogen (secondary N) is 1. The molecule has 0 spiro atoms. The molecule has 0 unspecified atom stereocenters. The molecule has 0 fully saturated rings. The number of rotatable bonds is 28. The minimum Gasteiger partial charge on any atom is -0.492 e. The Morgan fingerprint density at radius 3 is 2.01 bits per heavy atom. The first-order valence-corrected chi connectivity index (χ1v) is 37.5. The first kappa shape index (κ1) is 71.4. The standard InChI is InChI=1S/C68H81N7O16S4/c1-9-72(10-2)63(77)44-55-64(71-75-46(4)41-45(3)70-66(55)75)47-20-24-50(25-21-47)90-39-36-69-62(76)19-12-11-13-37-73-58-32-30-53(94(84,85)86)42-56(58)67(5,6)60(73)34-22-48-17-16-18-49(65(48)91-51-26-28-52(29-27-51)93(81,82)83)23-35-61-68(7,8)57-43-54(95(87,88)89)31-33-59(57)74(61)38-14-15-40-92(78,79)80/h20-35,41-43H,9-19,36-40,44H2,1-8H3,(H4-,69,76,78,79,80,81,82,83,84,85,86,87,88,89)/p+1. The van der Waals surface area contributed by atoms with Crippen LogP contribution in [0.5, 0.6) is 11.5 Å². The number of aryl methyl sites for hydroxylation is 2. The van der Waals surface area contributed by atoms with Crippen molar-refractivity contribution in [3.63, 3.8) is 0 Å². The van der Waals surface area contributed by atoms with E-state index in [-0.39, 0.29) is 71.2 Å². The predicted molar refractivity (Wildman–Crippen MR) is 361 cm³/mol. The third-order valence-electron chi connectivity index (χ3n) is 17.6. The highest BCUT2D eigenvalue weighted by molar-refractivity contribution is 7.86. The molecule has 0 bridgehead atoms. The van der Waals surface area contributed by atoms with Gasteiger partial charge in [-0.25, -0.2) is 9.50 Å². The molecule has 27 heteroatoms. The third-order valence-corrected chi connectivity index (χ3v) is 21.0. The van der Waals surface area contributed by atoms with Gasteiger partial charge in [0.25, 0.3) is 40.5 Å². The summed E-state index contributed by atoms with van der Waals surface area (Å²) < 4.78 is 153. The van der Waals surface area contributed by atoms with Crippen molar-refractivity contribution >= 4 is 75.0 Å². The van der Waals surface area contributed by atoms with Gasteiger partial charge in [0.1, 0.15) is 30.4 Å². The normalized spacial score (nSPS) is 16.5. The second kappa shape index (κ2) is 28.8. The highest BCUT2D eigenvalue weighted by atomic mass is 32.2. The maximum atomic E-state index is 13.4. The second-order valence-corrected chi connectivity index (χ2v) is 30.8. The number of aromatic nitrogens is 3. The lowest BCUT2D eigenvalue weighted by Gasteiger charge is -2.27. The topological polar surface area (TPSA) is 322 Å². The Balaban J connectivity index is 0.928. The van der Waals surface area contributed by atoms with Crippen LogP contribution >= 0.6 is 0 Å². The second-order valence-electron chi connectivity index (χ2n) is 25.0. The Morgan fingerprint density at radius 1 is 0.716 bits per heavy atom. The van der Waals surface area contributed by atoms with Crippen molar-refractivity contribution in [2.24, 2.45) is 0 Å². The zero-order valence-corrected chi connectivity index (χ0v) is 57.8. The van der Waals surface area contributed by atoms with Gasteiger partial charge in [-0.1, -0.05) is 19.9 Å². The minimum absolute atomic E-state index is 0.00687. The molecule has 3 aliphatic rings. The Hall–Kier alpha value is -7.89. The zero-order chi connectivity index (χ0) is 69.0. The van der Waals surface area contributed by atoms with E-state index >= 15 is 0 Å². The van der Waals surface area contributed by atoms with Gasteiger partial charge in [0.05, 0.1) is 44.5 Å². The summed E-state index contributed by atoms with van der Waals surface area (Å²) in [6, 6.07) is 23.4. The molecule has 2 aliphatic heterocycles. The molecule has 0 saturated heterocycles. The SMILES string of the molecule is CCN(CC)C(=O)Cc1c(-c2ccc(OCCNC(=O)CCCCC[N+]3=C(/C=C/C4=C(Oc5ccc(S(=O)(=O)O)cc5)C(=C/C=C5/N(CCCCS(=O)(=O)O)c6ccc(S(=O)(=O)O)cc6C5(C)C)/CCC4)C(C)(C)c4cc(S(=O)(=O)O)ccc43)cc2)nn2c(C)cc(C)nc12. The van der Waals surface area contributed by atoms with E-state index in [9.17, 15) is 61.5 Å². The van der Waals surface area contributed by atoms with Gasteiger partial charge in [-0.15, -0.1) is 0 Å². The number of benzene rings is 4. The number of fused-ring (bicyclic) bond motifs is 3. The molecule has 1 aliphatic carbocycles. The van der Waals surface area contributed by atoms with Crippen molar-refractivity contribution in [2.45, 2.75) is 145 Å². The van der Waals surface area contributed by atoms with Gasteiger partial charge in [-0.3, -0.25) is 27.8 Å². The van der Waals surface area contributed by atoms with Crippen LogP contribution in [0.3, 0.4) is 0 Å². The molecule has 6 aromatic rings. The molecule has 23 nitrogen and oxygen atoms in total. The zero-order valence-electron chi connectivity index (χ0n) is 54.5. The molecule has 508 valence electrons. The molecule has 4 aromatic carbocycles. The summed E-state index contributed by atoms with van der Waals surface area (Å²) in [4.78, 5) is 34.1. The molecular weight excluding hydrogens is 1300 g/mol. The fraction of sp³-hybridized carbons (Fsp3) is 0.397. The number of allylic oxidation sites excluding steroid dienone is 7. The maximum Gasteiger partial charge on any atom is 0.294 e. The maximum absolute atomic E-state index is 13.4. The molecule has 95 heavy (non-hydrogen) atoms. The van der Waals surface area contributed by atoms with Gasteiger partial charge in [0, 0.05) is 89.5 Å². The fourth-order valence-electron chi connectivity index (χ4n) is 12.7. The van der Waals surface area contributed by atoms with Crippen LogP contribution in [-0.4, -0.2) is 139 Å². The largest absolute Gasteiger partial charge is 0.492 e. The molecule has 0 atom stereocenters. The summed E-state index contributed by atoms with van der Waals surface area (Å²) in [5, 5.41) is 7.84. The van der Waals surface area contributed by atoms with Crippen LogP contribution in [0.25, 0.3) is 16.9 Å². The lowest BCUT2D eigenvalue weighted by molar-refractivity contribution is -0.438. The van der Waals surface area contributed by atoms with Crippen LogP contribution in [0.15, 0.2) is 153 Å². The van der Waals surface area contributed by atoms with Gasteiger partial charge in [0.15, 0.2) is 11.4 Å². The van der Waals surface area contributed by atoms with Crippen molar-refractivity contribution in [1.29, 1.82) is 0 Å². The predicted octanol–water partition coefficient (Wildman–Crippen LogP) is 10.6. The molecular formula is C68H82N7O16S4+. The summed E-state index contributed by atoms with van der Waals surface area (Å²) >= 11 is 0. The molecule has 0 radical (unpaired) electrons. The lowest BCUT2D eigenvalue weighted by Crippen LogP contribution is -2.31. The van der Waals surface area contributed by atoms with Crippen LogP contribution in [0.4, 0.5) is 11.4 Å². The number of unbranched alkanes of at least 4 members (excludes halogenated alkanes) is 3. The first-order chi connectivity index (χ1) is 44.7. The number of likely N-dealkylation sites (N-methyl/N-ethyl adjacent to an activating group) is 1. The molecule has 2 amide bonds. The Bertz CT molecular complexity index is 4590. The van der Waals surface area contributed by atoms with E-state index in [4.69, 9.17) is 19.6 Å². The van der Waals surface area contributed by atoms with Crippen LogP contribution in [0.1, 0.15) is 127 Å². The number of carbonyl (C=O) groups is 2. The first-order valence-electron chi connectivity index (χ1n) is 31.5. The summed E-state index contributed by atoms with van der Waals surface area (Å²) in [7, 11) is -18.0. The highest BCUT2D eigenvalue weighted by Gasteiger charge is 2.45. The average molecular weight is 1380 g/mol. The van der Waals surface area contributed by atoms with E-state index in [1.165, 1.54) is 48.5 Å². The summed E-state index contributed by atoms with van der Waals surface area (Å²) in [6.45, 7) is 17.9. The van der Waals surface area contributed by atoms with Crippen molar-refractivity contribution in [2.75, 3.05) is 50.0 Å². The van der Waals surface area contributed by atoms with Crippen LogP contribution < -0.4 is 19.7 Å². The number of hydrogen-bond donors (Lipinski definition) is 5. The molecule has 9 rings (SSSR count). The van der Waals surface area contributed by atoms with Crippen molar-refractivity contribution in [1.82, 2.24) is 24.8 Å². The fourth-order valence-corrected chi connectivity index (χ4v) is 14.7. The number of carbonyl (C=O) groups excluding carboxylic acids is 2. The van der Waals surface area contributed by atoms with Crippen LogP contribution in [0, 0.1) is 13.8 Å². The van der Waals surface area contributed by atoms with E-state index < -0.39 is 57.1 Å². The van der Waals surface area contributed by atoms with E-state index in [2.05, 4.69) is 9.89 Å². The Labute approximate surface area is 556 Å². The van der Waals surface area contributed by atoms with E-state index in [0.717, 1.165) is 45.1 Å².